The summed E-state index contributed by atoms with van der Waals surface area (Å²) in [7, 11) is 0. The average molecular weight is 466 g/mol. The van der Waals surface area contributed by atoms with Gasteiger partial charge in [-0.3, -0.25) is 9.59 Å². The van der Waals surface area contributed by atoms with Crippen molar-refractivity contribution in [1.29, 1.82) is 0 Å². The summed E-state index contributed by atoms with van der Waals surface area (Å²) in [6.45, 7) is 15.6. The van der Waals surface area contributed by atoms with Crippen molar-refractivity contribution in [1.82, 2.24) is 4.57 Å². The van der Waals surface area contributed by atoms with Crippen molar-refractivity contribution in [2.45, 2.75) is 54.5 Å². The van der Waals surface area contributed by atoms with Gasteiger partial charge in [0.2, 0.25) is 0 Å². The zero-order valence-electron chi connectivity index (χ0n) is 21.5. The number of carbonyl (C=O) groups excluding carboxylic acids is 1. The van der Waals surface area contributed by atoms with Crippen molar-refractivity contribution in [3.63, 3.8) is 0 Å². The summed E-state index contributed by atoms with van der Waals surface area (Å²) in [6.07, 6.45) is 1.25. The SMILES string of the molecule is CC.CCC.CCn1c(=O)cc(N2CCOCC2)c2cc(NC(=O)c3ccc(C)cc3)ccc21. The normalized spacial score (nSPS) is 12.8. The van der Waals surface area contributed by atoms with Gasteiger partial charge in [0, 0.05) is 42.3 Å². The van der Waals surface area contributed by atoms with E-state index in [1.54, 1.807) is 10.6 Å². The predicted molar refractivity (Wildman–Crippen MR) is 143 cm³/mol. The molecule has 1 aliphatic heterocycles. The Morgan fingerprint density at radius 2 is 1.59 bits per heavy atom. The van der Waals surface area contributed by atoms with E-state index >= 15 is 0 Å². The van der Waals surface area contributed by atoms with Crippen LogP contribution < -0.4 is 15.8 Å². The lowest BCUT2D eigenvalue weighted by molar-refractivity contribution is 0.102. The molecule has 0 unspecified atom stereocenters. The molecule has 4 rings (SSSR count). The largest absolute Gasteiger partial charge is 0.378 e. The van der Waals surface area contributed by atoms with E-state index in [1.807, 2.05) is 70.2 Å². The maximum Gasteiger partial charge on any atom is 0.255 e. The van der Waals surface area contributed by atoms with E-state index in [0.717, 1.165) is 35.2 Å². The summed E-state index contributed by atoms with van der Waals surface area (Å²) < 4.78 is 7.21. The lowest BCUT2D eigenvalue weighted by Crippen LogP contribution is -2.37. The molecule has 6 heteroatoms. The summed E-state index contributed by atoms with van der Waals surface area (Å²) in [5, 5.41) is 3.94. The van der Waals surface area contributed by atoms with Crippen LogP contribution in [0.4, 0.5) is 11.4 Å². The number of ether oxygens (including phenoxy) is 1. The topological polar surface area (TPSA) is 63.6 Å². The zero-order valence-corrected chi connectivity index (χ0v) is 21.5. The minimum atomic E-state index is -0.152. The van der Waals surface area contributed by atoms with E-state index in [9.17, 15) is 9.59 Å². The summed E-state index contributed by atoms with van der Waals surface area (Å²) in [4.78, 5) is 27.4. The van der Waals surface area contributed by atoms with Crippen LogP contribution in [0.25, 0.3) is 10.9 Å². The fraction of sp³-hybridized carbons (Fsp3) is 0.429. The first-order chi connectivity index (χ1) is 16.5. The maximum absolute atomic E-state index is 12.6. The molecular weight excluding hydrogens is 426 g/mol. The van der Waals surface area contributed by atoms with Crippen LogP contribution in [0.3, 0.4) is 0 Å². The van der Waals surface area contributed by atoms with Crippen molar-refractivity contribution >= 4 is 28.2 Å². The molecule has 0 atom stereocenters. The van der Waals surface area contributed by atoms with Gasteiger partial charge in [0.15, 0.2) is 0 Å². The van der Waals surface area contributed by atoms with Gasteiger partial charge < -0.3 is 19.5 Å². The lowest BCUT2D eigenvalue weighted by atomic mass is 10.1. The van der Waals surface area contributed by atoms with E-state index in [-0.39, 0.29) is 11.5 Å². The number of pyridine rings is 1. The Balaban J connectivity index is 0.000000758. The van der Waals surface area contributed by atoms with Crippen molar-refractivity contribution in [3.05, 3.63) is 70.0 Å². The molecule has 1 fully saturated rings. The minimum absolute atomic E-state index is 0.0158. The molecule has 0 saturated carbocycles. The molecule has 184 valence electrons. The molecule has 34 heavy (non-hydrogen) atoms. The van der Waals surface area contributed by atoms with Gasteiger partial charge >= 0.3 is 0 Å². The van der Waals surface area contributed by atoms with Crippen molar-refractivity contribution in [2.24, 2.45) is 0 Å². The number of fused-ring (bicyclic) bond motifs is 1. The lowest BCUT2D eigenvalue weighted by Gasteiger charge is -2.30. The molecule has 0 aliphatic carbocycles. The Hall–Kier alpha value is -3.12. The molecule has 0 spiro atoms. The van der Waals surface area contributed by atoms with Gasteiger partial charge in [0.1, 0.15) is 0 Å². The number of hydrogen-bond donors (Lipinski definition) is 1. The van der Waals surface area contributed by atoms with E-state index in [0.29, 0.717) is 31.0 Å². The van der Waals surface area contributed by atoms with Crippen molar-refractivity contribution in [2.75, 3.05) is 36.5 Å². The molecule has 0 radical (unpaired) electrons. The highest BCUT2D eigenvalue weighted by Crippen LogP contribution is 2.29. The molecule has 6 nitrogen and oxygen atoms in total. The van der Waals surface area contributed by atoms with Crippen LogP contribution in [0.1, 0.15) is 57.0 Å². The zero-order chi connectivity index (χ0) is 25.1. The number of hydrogen-bond acceptors (Lipinski definition) is 4. The number of benzene rings is 2. The van der Waals surface area contributed by atoms with Gasteiger partial charge in [-0.1, -0.05) is 51.8 Å². The van der Waals surface area contributed by atoms with E-state index in [4.69, 9.17) is 4.74 Å². The second kappa shape index (κ2) is 13.6. The Morgan fingerprint density at radius 1 is 0.971 bits per heavy atom. The van der Waals surface area contributed by atoms with Gasteiger partial charge in [-0.25, -0.2) is 0 Å². The predicted octanol–water partition coefficient (Wildman–Crippen LogP) is 5.86. The molecular formula is C28H39N3O3. The Kier molecular flexibility index (Phi) is 10.8. The first-order valence-electron chi connectivity index (χ1n) is 12.4. The van der Waals surface area contributed by atoms with Crippen LogP contribution in [0, 0.1) is 6.92 Å². The third-order valence-corrected chi connectivity index (χ3v) is 5.33. The van der Waals surface area contributed by atoms with Gasteiger partial charge in [0.05, 0.1) is 24.4 Å². The Morgan fingerprint density at radius 3 is 2.18 bits per heavy atom. The molecule has 1 aliphatic rings. The first kappa shape index (κ1) is 27.1. The van der Waals surface area contributed by atoms with Crippen LogP contribution in [-0.4, -0.2) is 36.8 Å². The van der Waals surface area contributed by atoms with E-state index in [1.165, 1.54) is 6.42 Å². The number of aryl methyl sites for hydroxylation is 2. The monoisotopic (exact) mass is 465 g/mol. The minimum Gasteiger partial charge on any atom is -0.378 e. The number of amides is 1. The first-order valence-corrected chi connectivity index (χ1v) is 12.4. The quantitative estimate of drug-likeness (QED) is 0.524. The van der Waals surface area contributed by atoms with Gasteiger partial charge in [-0.05, 0) is 44.2 Å². The highest BCUT2D eigenvalue weighted by Gasteiger charge is 2.17. The number of anilines is 2. The van der Waals surface area contributed by atoms with Crippen LogP contribution in [0.15, 0.2) is 53.3 Å². The molecule has 1 saturated heterocycles. The van der Waals surface area contributed by atoms with Gasteiger partial charge in [-0.15, -0.1) is 0 Å². The third-order valence-electron chi connectivity index (χ3n) is 5.33. The fourth-order valence-electron chi connectivity index (χ4n) is 3.75. The number of rotatable bonds is 4. The van der Waals surface area contributed by atoms with Gasteiger partial charge in [-0.2, -0.15) is 0 Å². The van der Waals surface area contributed by atoms with E-state index in [2.05, 4.69) is 24.1 Å². The number of nitrogens with zero attached hydrogens (tertiary/aromatic N) is 2. The van der Waals surface area contributed by atoms with Crippen molar-refractivity contribution in [3.8, 4) is 0 Å². The standard InChI is InChI=1S/C23H25N3O3.C3H8.C2H6/c1-3-26-20-9-8-18(24-23(28)17-6-4-16(2)5-7-17)14-19(20)21(15-22(26)27)25-10-12-29-13-11-25;1-3-2;1-2/h4-9,14-15H,3,10-13H2,1-2H3,(H,24,28);3H2,1-2H3;1-2H3. The van der Waals surface area contributed by atoms with Gasteiger partial charge in [0.25, 0.3) is 11.5 Å². The summed E-state index contributed by atoms with van der Waals surface area (Å²) in [5.74, 6) is -0.152. The second-order valence-corrected chi connectivity index (χ2v) is 7.97. The Labute approximate surface area is 203 Å². The molecule has 2 heterocycles. The summed E-state index contributed by atoms with van der Waals surface area (Å²) in [5.41, 5.74) is 4.18. The number of carbonyl (C=O) groups is 1. The molecule has 1 amide bonds. The Bertz CT molecular complexity index is 1110. The number of morpholine rings is 1. The number of aromatic nitrogens is 1. The maximum atomic E-state index is 12.6. The smallest absolute Gasteiger partial charge is 0.255 e. The highest BCUT2D eigenvalue weighted by atomic mass is 16.5. The molecule has 3 aromatic rings. The third kappa shape index (κ3) is 6.70. The molecule has 2 aromatic carbocycles. The molecule has 1 N–H and O–H groups in total. The van der Waals surface area contributed by atoms with E-state index < -0.39 is 0 Å². The second-order valence-electron chi connectivity index (χ2n) is 7.97. The summed E-state index contributed by atoms with van der Waals surface area (Å²) in [6, 6.07) is 14.9. The van der Waals surface area contributed by atoms with Crippen LogP contribution >= 0.6 is 0 Å². The van der Waals surface area contributed by atoms with Crippen LogP contribution in [0.2, 0.25) is 0 Å². The van der Waals surface area contributed by atoms with Crippen LogP contribution in [-0.2, 0) is 11.3 Å². The number of nitrogens with one attached hydrogen (secondary N) is 1. The fourth-order valence-corrected chi connectivity index (χ4v) is 3.75. The molecule has 1 aromatic heterocycles. The molecule has 0 bridgehead atoms. The summed E-state index contributed by atoms with van der Waals surface area (Å²) >= 11 is 0. The highest BCUT2D eigenvalue weighted by molar-refractivity contribution is 6.06. The van der Waals surface area contributed by atoms with Crippen molar-refractivity contribution < 1.29 is 9.53 Å². The van der Waals surface area contributed by atoms with Crippen LogP contribution in [0.5, 0.6) is 0 Å². The average Bonchev–Trinajstić information content (AvgIpc) is 2.86.